The Balaban J connectivity index is 2.04. The lowest BCUT2D eigenvalue weighted by Gasteiger charge is -2.28. The predicted molar refractivity (Wildman–Crippen MR) is 75.6 cm³/mol. The highest BCUT2D eigenvalue weighted by atomic mass is 16.3. The highest BCUT2D eigenvalue weighted by Gasteiger charge is 2.24. The molecule has 1 unspecified atom stereocenters. The number of amides is 1. The van der Waals surface area contributed by atoms with Crippen LogP contribution in [0.1, 0.15) is 31.2 Å². The van der Waals surface area contributed by atoms with Gasteiger partial charge >= 0.3 is 0 Å². The number of nitrogens with zero attached hydrogens (tertiary/aromatic N) is 1. The molecule has 1 saturated heterocycles. The molecule has 4 nitrogen and oxygen atoms in total. The number of anilines is 1. The average molecular weight is 262 g/mol. The van der Waals surface area contributed by atoms with E-state index in [1.807, 2.05) is 29.2 Å². The lowest BCUT2D eigenvalue weighted by Crippen LogP contribution is -2.42. The number of carbonyl (C=O) groups excluding carboxylic acids is 1. The van der Waals surface area contributed by atoms with E-state index in [-0.39, 0.29) is 18.6 Å². The number of carbonyl (C=O) groups is 1. The van der Waals surface area contributed by atoms with Crippen molar-refractivity contribution in [1.82, 2.24) is 4.90 Å². The third kappa shape index (κ3) is 3.70. The van der Waals surface area contributed by atoms with E-state index in [2.05, 4.69) is 0 Å². The van der Waals surface area contributed by atoms with Crippen molar-refractivity contribution in [3.8, 4) is 0 Å². The van der Waals surface area contributed by atoms with Crippen molar-refractivity contribution in [2.75, 3.05) is 18.9 Å². The van der Waals surface area contributed by atoms with Crippen molar-refractivity contribution in [2.45, 2.75) is 38.1 Å². The Labute approximate surface area is 114 Å². The molecule has 104 valence electrons. The van der Waals surface area contributed by atoms with Crippen LogP contribution < -0.4 is 5.73 Å². The monoisotopic (exact) mass is 262 g/mol. The molecule has 0 radical (unpaired) electrons. The van der Waals surface area contributed by atoms with Gasteiger partial charge in [-0.2, -0.15) is 0 Å². The summed E-state index contributed by atoms with van der Waals surface area (Å²) in [5.41, 5.74) is 7.34. The van der Waals surface area contributed by atoms with Crippen LogP contribution in [-0.4, -0.2) is 35.1 Å². The van der Waals surface area contributed by atoms with Crippen molar-refractivity contribution in [3.05, 3.63) is 29.8 Å². The molecule has 1 aromatic carbocycles. The second-order valence-electron chi connectivity index (χ2n) is 5.19. The minimum absolute atomic E-state index is 0.0175. The maximum atomic E-state index is 12.4. The number of hydrogen-bond acceptors (Lipinski definition) is 3. The number of nitrogens with two attached hydrogens (primary N) is 1. The lowest BCUT2D eigenvalue weighted by molar-refractivity contribution is -0.133. The number of rotatable bonds is 3. The third-order valence-electron chi connectivity index (χ3n) is 3.71. The highest BCUT2D eigenvalue weighted by Crippen LogP contribution is 2.18. The fourth-order valence-corrected chi connectivity index (χ4v) is 2.67. The summed E-state index contributed by atoms with van der Waals surface area (Å²) >= 11 is 0. The van der Waals surface area contributed by atoms with Crippen molar-refractivity contribution >= 4 is 11.6 Å². The van der Waals surface area contributed by atoms with Crippen LogP contribution in [0.25, 0.3) is 0 Å². The van der Waals surface area contributed by atoms with Crippen molar-refractivity contribution in [1.29, 1.82) is 0 Å². The standard InChI is InChI=1S/C15H22N2O2/c16-13-6-4-5-12(9-13)10-15(19)17-8-3-1-2-7-14(17)11-18/h4-6,9,14,18H,1-3,7-8,10-11,16H2. The molecule has 3 N–H and O–H groups in total. The Hall–Kier alpha value is -1.55. The van der Waals surface area contributed by atoms with E-state index >= 15 is 0 Å². The Morgan fingerprint density at radius 1 is 1.37 bits per heavy atom. The molecule has 1 atom stereocenters. The second-order valence-corrected chi connectivity index (χ2v) is 5.19. The van der Waals surface area contributed by atoms with Gasteiger partial charge in [0.1, 0.15) is 0 Å². The lowest BCUT2D eigenvalue weighted by atomic mass is 10.1. The third-order valence-corrected chi connectivity index (χ3v) is 3.71. The second kappa shape index (κ2) is 6.57. The maximum absolute atomic E-state index is 12.4. The van der Waals surface area contributed by atoms with Gasteiger partial charge in [0.25, 0.3) is 0 Å². The number of aliphatic hydroxyl groups excluding tert-OH is 1. The summed E-state index contributed by atoms with van der Waals surface area (Å²) in [6.07, 6.45) is 4.52. The molecule has 0 bridgehead atoms. The van der Waals surface area contributed by atoms with Gasteiger partial charge in [0, 0.05) is 12.2 Å². The Morgan fingerprint density at radius 3 is 2.95 bits per heavy atom. The molecule has 1 aliphatic rings. The average Bonchev–Trinajstić information content (AvgIpc) is 2.63. The van der Waals surface area contributed by atoms with Crippen LogP contribution >= 0.6 is 0 Å². The summed E-state index contributed by atoms with van der Waals surface area (Å²) in [6.45, 7) is 0.815. The summed E-state index contributed by atoms with van der Waals surface area (Å²) in [4.78, 5) is 14.2. The number of hydrogen-bond donors (Lipinski definition) is 2. The normalized spacial score (nSPS) is 20.1. The van der Waals surface area contributed by atoms with E-state index < -0.39 is 0 Å². The number of aliphatic hydroxyl groups is 1. The molecule has 1 amide bonds. The summed E-state index contributed by atoms with van der Waals surface area (Å²) in [5.74, 6) is 0.0894. The predicted octanol–water partition coefficient (Wildman–Crippen LogP) is 1.57. The van der Waals surface area contributed by atoms with Crippen LogP contribution in [0, 0.1) is 0 Å². The van der Waals surface area contributed by atoms with E-state index in [0.29, 0.717) is 12.1 Å². The summed E-state index contributed by atoms with van der Waals surface area (Å²) in [7, 11) is 0. The van der Waals surface area contributed by atoms with Gasteiger partial charge in [0.05, 0.1) is 19.1 Å². The first-order valence-electron chi connectivity index (χ1n) is 6.95. The van der Waals surface area contributed by atoms with Gasteiger partial charge in [-0.05, 0) is 30.5 Å². The molecule has 1 aromatic rings. The van der Waals surface area contributed by atoms with Gasteiger partial charge in [-0.3, -0.25) is 4.79 Å². The Kier molecular flexibility index (Phi) is 4.80. The smallest absolute Gasteiger partial charge is 0.227 e. The number of benzene rings is 1. The fraction of sp³-hybridized carbons (Fsp3) is 0.533. The molecular weight excluding hydrogens is 240 g/mol. The molecule has 0 saturated carbocycles. The van der Waals surface area contributed by atoms with Crippen LogP contribution in [0.5, 0.6) is 0 Å². The minimum atomic E-state index is -0.0175. The first-order chi connectivity index (χ1) is 9.20. The Morgan fingerprint density at radius 2 is 2.21 bits per heavy atom. The first-order valence-corrected chi connectivity index (χ1v) is 6.95. The van der Waals surface area contributed by atoms with Crippen molar-refractivity contribution in [2.24, 2.45) is 0 Å². The van der Waals surface area contributed by atoms with Crippen LogP contribution in [0.3, 0.4) is 0 Å². The molecular formula is C15H22N2O2. The van der Waals surface area contributed by atoms with Crippen LogP contribution in [0.4, 0.5) is 5.69 Å². The van der Waals surface area contributed by atoms with Gasteiger partial charge in [0.15, 0.2) is 0 Å². The van der Waals surface area contributed by atoms with Gasteiger partial charge < -0.3 is 15.7 Å². The first kappa shape index (κ1) is 13.9. The van der Waals surface area contributed by atoms with Gasteiger partial charge in [0.2, 0.25) is 5.91 Å². The van der Waals surface area contributed by atoms with E-state index in [0.717, 1.165) is 37.8 Å². The summed E-state index contributed by atoms with van der Waals surface area (Å²) < 4.78 is 0. The molecule has 0 aromatic heterocycles. The quantitative estimate of drug-likeness (QED) is 0.813. The van der Waals surface area contributed by atoms with Crippen molar-refractivity contribution in [3.63, 3.8) is 0 Å². The fourth-order valence-electron chi connectivity index (χ4n) is 2.67. The van der Waals surface area contributed by atoms with Crippen LogP contribution in [-0.2, 0) is 11.2 Å². The van der Waals surface area contributed by atoms with E-state index in [4.69, 9.17) is 5.73 Å². The Bertz CT molecular complexity index is 434. The molecule has 1 fully saturated rings. The van der Waals surface area contributed by atoms with E-state index in [9.17, 15) is 9.90 Å². The molecule has 0 spiro atoms. The molecule has 19 heavy (non-hydrogen) atoms. The topological polar surface area (TPSA) is 66.6 Å². The van der Waals surface area contributed by atoms with Gasteiger partial charge in [-0.1, -0.05) is 25.0 Å². The summed E-state index contributed by atoms with van der Waals surface area (Å²) in [6, 6.07) is 7.42. The SMILES string of the molecule is Nc1cccc(CC(=O)N2CCCCCC2CO)c1. The minimum Gasteiger partial charge on any atom is -0.399 e. The number of nitrogen functional groups attached to an aromatic ring is 1. The zero-order valence-electron chi connectivity index (χ0n) is 11.2. The van der Waals surface area contributed by atoms with Crippen LogP contribution in [0.15, 0.2) is 24.3 Å². The highest BCUT2D eigenvalue weighted by molar-refractivity contribution is 5.79. The molecule has 4 heteroatoms. The van der Waals surface area contributed by atoms with E-state index in [1.54, 1.807) is 0 Å². The largest absolute Gasteiger partial charge is 0.399 e. The van der Waals surface area contributed by atoms with E-state index in [1.165, 1.54) is 0 Å². The van der Waals surface area contributed by atoms with Gasteiger partial charge in [-0.15, -0.1) is 0 Å². The van der Waals surface area contributed by atoms with Crippen LogP contribution in [0.2, 0.25) is 0 Å². The molecule has 0 aliphatic carbocycles. The van der Waals surface area contributed by atoms with Gasteiger partial charge in [-0.25, -0.2) is 0 Å². The summed E-state index contributed by atoms with van der Waals surface area (Å²) in [5, 5.41) is 9.43. The zero-order valence-corrected chi connectivity index (χ0v) is 11.2. The van der Waals surface area contributed by atoms with Crippen molar-refractivity contribution < 1.29 is 9.90 Å². The molecule has 1 heterocycles. The number of likely N-dealkylation sites (tertiary alicyclic amines) is 1. The molecule has 2 rings (SSSR count). The zero-order chi connectivity index (χ0) is 13.7. The molecule has 1 aliphatic heterocycles. The maximum Gasteiger partial charge on any atom is 0.227 e.